The standard InChI is InChI=1S/C17H24N2O3/c1-21-15-8-12-5-7-19(11-14(12)9-16(15)22-2)17(20)13-4-3-6-18-10-13/h8-9,13,18H,3-7,10-11H2,1-2H3/t13-/m0/s1. The van der Waals surface area contributed by atoms with Crippen LogP contribution in [0.1, 0.15) is 24.0 Å². The summed E-state index contributed by atoms with van der Waals surface area (Å²) in [5.74, 6) is 1.91. The summed E-state index contributed by atoms with van der Waals surface area (Å²) in [6.07, 6.45) is 2.97. The van der Waals surface area contributed by atoms with Gasteiger partial charge in [0.1, 0.15) is 0 Å². The number of hydrogen-bond acceptors (Lipinski definition) is 4. The molecule has 2 aliphatic heterocycles. The summed E-state index contributed by atoms with van der Waals surface area (Å²) >= 11 is 0. The maximum Gasteiger partial charge on any atom is 0.227 e. The van der Waals surface area contributed by atoms with Gasteiger partial charge in [-0.1, -0.05) is 0 Å². The highest BCUT2D eigenvalue weighted by Gasteiger charge is 2.29. The van der Waals surface area contributed by atoms with E-state index in [1.54, 1.807) is 14.2 Å². The monoisotopic (exact) mass is 304 g/mol. The highest BCUT2D eigenvalue weighted by Crippen LogP contribution is 2.33. The van der Waals surface area contributed by atoms with E-state index < -0.39 is 0 Å². The fourth-order valence-corrected chi connectivity index (χ4v) is 3.39. The van der Waals surface area contributed by atoms with Gasteiger partial charge in [-0.15, -0.1) is 0 Å². The topological polar surface area (TPSA) is 50.8 Å². The largest absolute Gasteiger partial charge is 0.493 e. The lowest BCUT2D eigenvalue weighted by molar-refractivity contribution is -0.137. The molecule has 1 saturated heterocycles. The van der Waals surface area contributed by atoms with Crippen LogP contribution in [-0.2, 0) is 17.8 Å². The van der Waals surface area contributed by atoms with Gasteiger partial charge in [0, 0.05) is 19.6 Å². The number of amides is 1. The summed E-state index contributed by atoms with van der Waals surface area (Å²) in [7, 11) is 3.29. The first kappa shape index (κ1) is 15.2. The Balaban J connectivity index is 1.76. The lowest BCUT2D eigenvalue weighted by atomic mass is 9.94. The molecule has 5 nitrogen and oxygen atoms in total. The second-order valence-electron chi connectivity index (χ2n) is 6.03. The van der Waals surface area contributed by atoms with Crippen LogP contribution in [0.4, 0.5) is 0 Å². The number of carbonyl (C=O) groups is 1. The average Bonchev–Trinajstić information content (AvgIpc) is 2.60. The quantitative estimate of drug-likeness (QED) is 0.921. The van der Waals surface area contributed by atoms with Crippen LogP contribution in [-0.4, -0.2) is 44.7 Å². The summed E-state index contributed by atoms with van der Waals surface area (Å²) in [5, 5.41) is 3.32. The molecule has 0 spiro atoms. The molecule has 1 aromatic rings. The number of methoxy groups -OCH3 is 2. The predicted octanol–water partition coefficient (Wildman–Crippen LogP) is 1.59. The predicted molar refractivity (Wildman–Crippen MR) is 84.3 cm³/mol. The zero-order valence-corrected chi connectivity index (χ0v) is 13.4. The summed E-state index contributed by atoms with van der Waals surface area (Å²) in [6, 6.07) is 4.05. The molecule has 3 rings (SSSR count). The number of hydrogen-bond donors (Lipinski definition) is 1. The number of nitrogens with zero attached hydrogens (tertiary/aromatic N) is 1. The number of ether oxygens (including phenoxy) is 2. The summed E-state index contributed by atoms with van der Waals surface area (Å²) in [4.78, 5) is 14.7. The Morgan fingerprint density at radius 3 is 2.59 bits per heavy atom. The molecule has 0 radical (unpaired) electrons. The van der Waals surface area contributed by atoms with Crippen LogP contribution in [0.25, 0.3) is 0 Å². The van der Waals surface area contributed by atoms with Crippen molar-refractivity contribution in [2.24, 2.45) is 5.92 Å². The smallest absolute Gasteiger partial charge is 0.227 e. The van der Waals surface area contributed by atoms with Gasteiger partial charge in [-0.25, -0.2) is 0 Å². The Labute approximate surface area is 131 Å². The van der Waals surface area contributed by atoms with Crippen molar-refractivity contribution >= 4 is 5.91 Å². The van der Waals surface area contributed by atoms with Crippen LogP contribution in [0.15, 0.2) is 12.1 Å². The zero-order valence-electron chi connectivity index (χ0n) is 13.4. The number of piperidine rings is 1. The molecule has 0 aliphatic carbocycles. The van der Waals surface area contributed by atoms with Gasteiger partial charge < -0.3 is 19.7 Å². The normalized spacial score (nSPS) is 21.2. The van der Waals surface area contributed by atoms with Crippen LogP contribution in [0.3, 0.4) is 0 Å². The van der Waals surface area contributed by atoms with Gasteiger partial charge in [-0.05, 0) is 49.1 Å². The van der Waals surface area contributed by atoms with Gasteiger partial charge in [0.05, 0.1) is 20.1 Å². The molecule has 5 heteroatoms. The van der Waals surface area contributed by atoms with Crippen molar-refractivity contribution in [2.45, 2.75) is 25.8 Å². The molecular weight excluding hydrogens is 280 g/mol. The van der Waals surface area contributed by atoms with E-state index >= 15 is 0 Å². The molecule has 1 fully saturated rings. The minimum Gasteiger partial charge on any atom is -0.493 e. The van der Waals surface area contributed by atoms with Gasteiger partial charge in [0.2, 0.25) is 5.91 Å². The highest BCUT2D eigenvalue weighted by molar-refractivity contribution is 5.79. The lowest BCUT2D eigenvalue weighted by Gasteiger charge is -2.33. The first-order chi connectivity index (χ1) is 10.7. The van der Waals surface area contributed by atoms with Crippen LogP contribution in [0.5, 0.6) is 11.5 Å². The number of benzene rings is 1. The number of rotatable bonds is 3. The van der Waals surface area contributed by atoms with Crippen molar-refractivity contribution in [1.29, 1.82) is 0 Å². The van der Waals surface area contributed by atoms with Crippen molar-refractivity contribution < 1.29 is 14.3 Å². The molecule has 0 bridgehead atoms. The number of carbonyl (C=O) groups excluding carboxylic acids is 1. The van der Waals surface area contributed by atoms with E-state index in [4.69, 9.17) is 9.47 Å². The van der Waals surface area contributed by atoms with E-state index in [1.807, 2.05) is 17.0 Å². The van der Waals surface area contributed by atoms with Gasteiger partial charge in [0.25, 0.3) is 0 Å². The fraction of sp³-hybridized carbons (Fsp3) is 0.588. The Kier molecular flexibility index (Phi) is 4.52. The molecule has 120 valence electrons. The maximum absolute atomic E-state index is 12.7. The van der Waals surface area contributed by atoms with Gasteiger partial charge in [-0.2, -0.15) is 0 Å². The Bertz CT molecular complexity index is 553. The Hall–Kier alpha value is -1.75. The second kappa shape index (κ2) is 6.57. The maximum atomic E-state index is 12.7. The van der Waals surface area contributed by atoms with E-state index in [-0.39, 0.29) is 11.8 Å². The minimum atomic E-state index is 0.135. The van der Waals surface area contributed by atoms with Crippen molar-refractivity contribution in [1.82, 2.24) is 10.2 Å². The molecule has 0 saturated carbocycles. The van der Waals surface area contributed by atoms with Gasteiger partial charge in [0.15, 0.2) is 11.5 Å². The van der Waals surface area contributed by atoms with Crippen LogP contribution in [0.2, 0.25) is 0 Å². The minimum absolute atomic E-state index is 0.135. The highest BCUT2D eigenvalue weighted by atomic mass is 16.5. The third-order valence-corrected chi connectivity index (χ3v) is 4.68. The first-order valence-electron chi connectivity index (χ1n) is 7.96. The molecular formula is C17H24N2O3. The van der Waals surface area contributed by atoms with Crippen molar-refractivity contribution in [3.05, 3.63) is 23.3 Å². The van der Waals surface area contributed by atoms with Crippen LogP contribution >= 0.6 is 0 Å². The van der Waals surface area contributed by atoms with Crippen molar-refractivity contribution in [3.8, 4) is 11.5 Å². The average molecular weight is 304 g/mol. The van der Waals surface area contributed by atoms with E-state index in [0.717, 1.165) is 50.4 Å². The molecule has 1 atom stereocenters. The summed E-state index contributed by atoms with van der Waals surface area (Å²) in [5.41, 5.74) is 2.42. The molecule has 1 amide bonds. The van der Waals surface area contributed by atoms with Crippen molar-refractivity contribution in [2.75, 3.05) is 33.9 Å². The summed E-state index contributed by atoms with van der Waals surface area (Å²) < 4.78 is 10.7. The molecule has 1 N–H and O–H groups in total. The third kappa shape index (κ3) is 2.90. The van der Waals surface area contributed by atoms with E-state index in [9.17, 15) is 4.79 Å². The lowest BCUT2D eigenvalue weighted by Crippen LogP contribution is -2.44. The van der Waals surface area contributed by atoms with E-state index in [0.29, 0.717) is 6.54 Å². The van der Waals surface area contributed by atoms with Gasteiger partial charge >= 0.3 is 0 Å². The molecule has 22 heavy (non-hydrogen) atoms. The van der Waals surface area contributed by atoms with Crippen LogP contribution in [0, 0.1) is 5.92 Å². The molecule has 0 unspecified atom stereocenters. The van der Waals surface area contributed by atoms with E-state index in [1.165, 1.54) is 11.1 Å². The SMILES string of the molecule is COc1cc2c(cc1OC)CN(C(=O)[C@H]1CCCNC1)CC2. The van der Waals surface area contributed by atoms with Crippen molar-refractivity contribution in [3.63, 3.8) is 0 Å². The number of fused-ring (bicyclic) bond motifs is 1. The molecule has 2 aliphatic rings. The molecule has 0 aromatic heterocycles. The van der Waals surface area contributed by atoms with Crippen LogP contribution < -0.4 is 14.8 Å². The van der Waals surface area contributed by atoms with E-state index in [2.05, 4.69) is 5.32 Å². The van der Waals surface area contributed by atoms with Gasteiger partial charge in [-0.3, -0.25) is 4.79 Å². The summed E-state index contributed by atoms with van der Waals surface area (Å²) in [6.45, 7) is 3.31. The Morgan fingerprint density at radius 2 is 1.95 bits per heavy atom. The molecule has 2 heterocycles. The second-order valence-corrected chi connectivity index (χ2v) is 6.03. The molecule has 1 aromatic carbocycles. The first-order valence-corrected chi connectivity index (χ1v) is 7.96. The number of nitrogens with one attached hydrogen (secondary N) is 1. The fourth-order valence-electron chi connectivity index (χ4n) is 3.39. The third-order valence-electron chi connectivity index (χ3n) is 4.68. The zero-order chi connectivity index (χ0) is 15.5. The Morgan fingerprint density at radius 1 is 1.23 bits per heavy atom.